The van der Waals surface area contributed by atoms with Gasteiger partial charge in [-0.1, -0.05) is 19.3 Å². The van der Waals surface area contributed by atoms with Gasteiger partial charge in [-0.3, -0.25) is 14.4 Å². The van der Waals surface area contributed by atoms with Gasteiger partial charge in [-0.05, 0) is 32.1 Å². The summed E-state index contributed by atoms with van der Waals surface area (Å²) in [6.45, 7) is 0.924. The number of amides is 2. The van der Waals surface area contributed by atoms with E-state index in [0.717, 1.165) is 44.9 Å². The second kappa shape index (κ2) is 6.16. The van der Waals surface area contributed by atoms with E-state index in [1.54, 1.807) is 4.90 Å². The monoisotopic (exact) mass is 292 g/mol. The zero-order chi connectivity index (χ0) is 14.8. The number of fused-ring (bicyclic) bond motifs is 1. The van der Waals surface area contributed by atoms with Crippen LogP contribution < -0.4 is 0 Å². The van der Waals surface area contributed by atoms with E-state index in [2.05, 4.69) is 0 Å². The molecule has 1 atom stereocenters. The van der Waals surface area contributed by atoms with Crippen molar-refractivity contribution < 1.29 is 14.4 Å². The first-order valence-electron chi connectivity index (χ1n) is 8.28. The van der Waals surface area contributed by atoms with E-state index in [0.29, 0.717) is 6.54 Å². The van der Waals surface area contributed by atoms with Crippen LogP contribution in [0.3, 0.4) is 0 Å². The Morgan fingerprint density at radius 3 is 2.48 bits per heavy atom. The average molecular weight is 292 g/mol. The number of carbonyl (C=O) groups excluding carboxylic acids is 3. The van der Waals surface area contributed by atoms with Gasteiger partial charge in [-0.15, -0.1) is 0 Å². The van der Waals surface area contributed by atoms with E-state index < -0.39 is 0 Å². The highest BCUT2D eigenvalue weighted by atomic mass is 16.2. The van der Waals surface area contributed by atoms with Crippen LogP contribution in [-0.4, -0.2) is 53.1 Å². The Kier molecular flexibility index (Phi) is 4.27. The van der Waals surface area contributed by atoms with Gasteiger partial charge >= 0.3 is 0 Å². The standard InChI is InChI=1S/C16H24N2O3/c19-14(12-6-2-1-3-7-12)10-17-11-15(20)18-9-5-4-8-13(18)16(17)21/h12-13H,1-11H2. The Morgan fingerprint density at radius 1 is 1.00 bits per heavy atom. The van der Waals surface area contributed by atoms with Gasteiger partial charge in [-0.2, -0.15) is 0 Å². The summed E-state index contributed by atoms with van der Waals surface area (Å²) in [7, 11) is 0. The Balaban J connectivity index is 1.63. The lowest BCUT2D eigenvalue weighted by Gasteiger charge is -2.42. The second-order valence-electron chi connectivity index (χ2n) is 6.59. The molecule has 0 aromatic heterocycles. The molecule has 0 spiro atoms. The Morgan fingerprint density at radius 2 is 1.71 bits per heavy atom. The molecular weight excluding hydrogens is 268 g/mol. The molecule has 3 fully saturated rings. The first kappa shape index (κ1) is 14.5. The van der Waals surface area contributed by atoms with Crippen molar-refractivity contribution in [3.8, 4) is 0 Å². The lowest BCUT2D eigenvalue weighted by atomic mass is 9.86. The van der Waals surface area contributed by atoms with E-state index in [9.17, 15) is 14.4 Å². The van der Waals surface area contributed by atoms with Crippen molar-refractivity contribution in [2.24, 2.45) is 5.92 Å². The normalized spacial score (nSPS) is 27.7. The lowest BCUT2D eigenvalue weighted by molar-refractivity contribution is -0.159. The predicted molar refractivity (Wildman–Crippen MR) is 77.5 cm³/mol. The van der Waals surface area contributed by atoms with Crippen LogP contribution in [0.5, 0.6) is 0 Å². The van der Waals surface area contributed by atoms with Gasteiger partial charge < -0.3 is 9.80 Å². The van der Waals surface area contributed by atoms with Crippen LogP contribution in [0.25, 0.3) is 0 Å². The van der Waals surface area contributed by atoms with Crippen molar-refractivity contribution in [3.63, 3.8) is 0 Å². The number of Topliss-reactive ketones (excluding diaryl/α,β-unsaturated/α-hetero) is 1. The summed E-state index contributed by atoms with van der Waals surface area (Å²) in [6.07, 6.45) is 8.05. The molecule has 3 aliphatic rings. The van der Waals surface area contributed by atoms with Crippen LogP contribution in [0, 0.1) is 5.92 Å². The topological polar surface area (TPSA) is 57.7 Å². The molecule has 2 heterocycles. The molecule has 3 rings (SSSR count). The van der Waals surface area contributed by atoms with Crippen LogP contribution in [-0.2, 0) is 14.4 Å². The van der Waals surface area contributed by atoms with Gasteiger partial charge in [0.1, 0.15) is 12.6 Å². The third kappa shape index (κ3) is 2.97. The fraction of sp³-hybridized carbons (Fsp3) is 0.812. The van der Waals surface area contributed by atoms with Gasteiger partial charge in [0, 0.05) is 12.5 Å². The zero-order valence-electron chi connectivity index (χ0n) is 12.6. The fourth-order valence-corrected chi connectivity index (χ4v) is 3.91. The summed E-state index contributed by atoms with van der Waals surface area (Å²) in [6, 6.07) is -0.306. The summed E-state index contributed by atoms with van der Waals surface area (Å²) in [4.78, 5) is 40.2. The van der Waals surface area contributed by atoms with Gasteiger partial charge in [0.25, 0.3) is 0 Å². The molecule has 0 N–H and O–H groups in total. The molecule has 5 heteroatoms. The quantitative estimate of drug-likeness (QED) is 0.789. The van der Waals surface area contributed by atoms with Crippen LogP contribution in [0.1, 0.15) is 51.4 Å². The Labute approximate surface area is 125 Å². The molecular formula is C16H24N2O3. The lowest BCUT2D eigenvalue weighted by Crippen LogP contribution is -2.62. The largest absolute Gasteiger partial charge is 0.329 e. The first-order chi connectivity index (χ1) is 10.2. The maximum atomic E-state index is 12.5. The highest BCUT2D eigenvalue weighted by Gasteiger charge is 2.41. The summed E-state index contributed by atoms with van der Waals surface area (Å²) in [5, 5.41) is 0. The molecule has 1 saturated carbocycles. The first-order valence-corrected chi connectivity index (χ1v) is 8.28. The third-order valence-electron chi connectivity index (χ3n) is 5.15. The summed E-state index contributed by atoms with van der Waals surface area (Å²) in [5.74, 6) is 0.250. The number of piperidine rings is 1. The summed E-state index contributed by atoms with van der Waals surface area (Å²) in [5.41, 5.74) is 0. The van der Waals surface area contributed by atoms with Crippen LogP contribution >= 0.6 is 0 Å². The maximum Gasteiger partial charge on any atom is 0.246 e. The molecule has 5 nitrogen and oxygen atoms in total. The summed E-state index contributed by atoms with van der Waals surface area (Å²) >= 11 is 0. The molecule has 0 aromatic carbocycles. The number of carbonyl (C=O) groups is 3. The van der Waals surface area contributed by atoms with E-state index in [1.807, 2.05) is 0 Å². The smallest absolute Gasteiger partial charge is 0.246 e. The number of hydrogen-bond acceptors (Lipinski definition) is 3. The molecule has 2 aliphatic heterocycles. The number of ketones is 1. The number of nitrogens with zero attached hydrogens (tertiary/aromatic N) is 2. The van der Waals surface area contributed by atoms with E-state index in [4.69, 9.17) is 0 Å². The minimum atomic E-state index is -0.306. The zero-order valence-corrected chi connectivity index (χ0v) is 12.6. The predicted octanol–water partition coefficient (Wildman–Crippen LogP) is 1.36. The highest BCUT2D eigenvalue weighted by Crippen LogP contribution is 2.26. The molecule has 1 aliphatic carbocycles. The van der Waals surface area contributed by atoms with Crippen LogP contribution in [0.2, 0.25) is 0 Å². The van der Waals surface area contributed by atoms with Crippen molar-refractivity contribution in [2.45, 2.75) is 57.4 Å². The summed E-state index contributed by atoms with van der Waals surface area (Å²) < 4.78 is 0. The molecule has 1 unspecified atom stereocenters. The molecule has 2 amide bonds. The van der Waals surface area contributed by atoms with Crippen LogP contribution in [0.15, 0.2) is 0 Å². The molecule has 0 aromatic rings. The van der Waals surface area contributed by atoms with Crippen molar-refractivity contribution in [1.29, 1.82) is 0 Å². The molecule has 0 bridgehead atoms. The number of hydrogen-bond donors (Lipinski definition) is 0. The third-order valence-corrected chi connectivity index (χ3v) is 5.15. The minimum Gasteiger partial charge on any atom is -0.329 e. The molecule has 2 saturated heterocycles. The van der Waals surface area contributed by atoms with Crippen molar-refractivity contribution >= 4 is 17.6 Å². The fourth-order valence-electron chi connectivity index (χ4n) is 3.91. The molecule has 116 valence electrons. The molecule has 0 radical (unpaired) electrons. The Hall–Kier alpha value is -1.39. The van der Waals surface area contributed by atoms with Gasteiger partial charge in [0.05, 0.1) is 6.54 Å². The van der Waals surface area contributed by atoms with Gasteiger partial charge in [-0.25, -0.2) is 0 Å². The highest BCUT2D eigenvalue weighted by molar-refractivity contribution is 5.97. The van der Waals surface area contributed by atoms with E-state index >= 15 is 0 Å². The van der Waals surface area contributed by atoms with Crippen molar-refractivity contribution in [2.75, 3.05) is 19.6 Å². The van der Waals surface area contributed by atoms with Crippen molar-refractivity contribution in [1.82, 2.24) is 9.80 Å². The van der Waals surface area contributed by atoms with Crippen molar-refractivity contribution in [3.05, 3.63) is 0 Å². The van der Waals surface area contributed by atoms with Gasteiger partial charge in [0.15, 0.2) is 5.78 Å². The van der Waals surface area contributed by atoms with Crippen LogP contribution in [0.4, 0.5) is 0 Å². The average Bonchev–Trinajstić information content (AvgIpc) is 2.53. The Bertz CT molecular complexity index is 443. The van der Waals surface area contributed by atoms with Gasteiger partial charge in [0.2, 0.25) is 11.8 Å². The molecule has 21 heavy (non-hydrogen) atoms. The minimum absolute atomic E-state index is 0.00995. The van der Waals surface area contributed by atoms with E-state index in [1.165, 1.54) is 11.3 Å². The number of piperazine rings is 1. The maximum absolute atomic E-state index is 12.5. The number of rotatable bonds is 3. The van der Waals surface area contributed by atoms with E-state index in [-0.39, 0.29) is 42.6 Å². The SMILES string of the molecule is O=C(CN1CC(=O)N2CCCCC2C1=O)C1CCCCC1. The second-order valence-corrected chi connectivity index (χ2v) is 6.59.